The minimum absolute atomic E-state index is 0.0774. The Hall–Kier alpha value is -3.17. The predicted octanol–water partition coefficient (Wildman–Crippen LogP) is 3.42. The zero-order valence-electron chi connectivity index (χ0n) is 25.0. The number of hydrogen-bond donors (Lipinski definition) is 1. The van der Waals surface area contributed by atoms with E-state index in [0.29, 0.717) is 37.4 Å². The van der Waals surface area contributed by atoms with Crippen LogP contribution in [0.3, 0.4) is 0 Å². The lowest BCUT2D eigenvalue weighted by atomic mass is 9.62. The third-order valence-electron chi connectivity index (χ3n) is 9.14. The van der Waals surface area contributed by atoms with E-state index in [1.807, 2.05) is 58.9 Å². The van der Waals surface area contributed by atoms with Gasteiger partial charge in [0.25, 0.3) is 0 Å². The maximum absolute atomic E-state index is 14.6. The van der Waals surface area contributed by atoms with Crippen molar-refractivity contribution in [3.8, 4) is 5.75 Å². The van der Waals surface area contributed by atoms with Gasteiger partial charge in [0.1, 0.15) is 17.4 Å². The van der Waals surface area contributed by atoms with E-state index >= 15 is 0 Å². The van der Waals surface area contributed by atoms with E-state index in [1.165, 1.54) is 0 Å². The van der Waals surface area contributed by atoms with Crippen molar-refractivity contribution in [3.05, 3.63) is 49.6 Å². The molecule has 3 heterocycles. The van der Waals surface area contributed by atoms with Gasteiger partial charge in [0.2, 0.25) is 17.7 Å². The summed E-state index contributed by atoms with van der Waals surface area (Å²) >= 11 is 0. The van der Waals surface area contributed by atoms with Crippen molar-refractivity contribution >= 4 is 23.4 Å². The van der Waals surface area contributed by atoms with Crippen LogP contribution in [0.2, 0.25) is 0 Å². The summed E-state index contributed by atoms with van der Waals surface area (Å²) in [5.41, 5.74) is -1.42. The normalized spacial score (nSPS) is 29.9. The molecule has 3 aliphatic rings. The standard InChI is InChI=1S/C32H45N3O6/c1-8-16-33(21(4)5)30(39)27-32-20-22(6)31(7,41-32)25(26(32)29(38)35(27)18-11-19-36)28(37)34(17-9-2)23-12-14-24(15-13-23)40-10-3/h8-9,12-15,21-22,25-27,36H,1-2,10-11,16-20H2,3-7H3/t22?,25-,26-,27?,31+,32?/m0/s1. The Morgan fingerprint density at radius 1 is 1.20 bits per heavy atom. The smallest absolute Gasteiger partial charge is 0.248 e. The maximum Gasteiger partial charge on any atom is 0.248 e. The second-order valence-corrected chi connectivity index (χ2v) is 11.9. The monoisotopic (exact) mass is 567 g/mol. The molecule has 41 heavy (non-hydrogen) atoms. The van der Waals surface area contributed by atoms with E-state index in [9.17, 15) is 19.5 Å². The first kappa shape index (κ1) is 30.8. The predicted molar refractivity (Wildman–Crippen MR) is 157 cm³/mol. The Labute approximate surface area is 243 Å². The number of ether oxygens (including phenoxy) is 2. The van der Waals surface area contributed by atoms with Crippen LogP contribution >= 0.6 is 0 Å². The summed E-state index contributed by atoms with van der Waals surface area (Å²) in [4.78, 5) is 48.1. The number of aliphatic hydroxyl groups is 1. The summed E-state index contributed by atoms with van der Waals surface area (Å²) < 4.78 is 12.4. The fourth-order valence-corrected chi connectivity index (χ4v) is 7.24. The van der Waals surface area contributed by atoms with Gasteiger partial charge >= 0.3 is 0 Å². The highest BCUT2D eigenvalue weighted by Gasteiger charge is 2.80. The maximum atomic E-state index is 14.6. The van der Waals surface area contributed by atoms with Crippen molar-refractivity contribution in [2.75, 3.05) is 37.7 Å². The van der Waals surface area contributed by atoms with Crippen molar-refractivity contribution in [1.29, 1.82) is 0 Å². The molecule has 0 saturated carbocycles. The van der Waals surface area contributed by atoms with E-state index in [2.05, 4.69) is 13.2 Å². The van der Waals surface area contributed by atoms with Gasteiger partial charge in [-0.25, -0.2) is 0 Å². The number of likely N-dealkylation sites (tertiary alicyclic amines) is 1. The molecule has 1 aromatic rings. The summed E-state index contributed by atoms with van der Waals surface area (Å²) in [5.74, 6) is -1.71. The molecular formula is C32H45N3O6. The molecular weight excluding hydrogens is 522 g/mol. The number of anilines is 1. The summed E-state index contributed by atoms with van der Waals surface area (Å²) in [6.07, 6.45) is 4.15. The zero-order chi connectivity index (χ0) is 30.1. The molecule has 3 amide bonds. The van der Waals surface area contributed by atoms with E-state index in [1.54, 1.807) is 26.9 Å². The van der Waals surface area contributed by atoms with Crippen molar-refractivity contribution < 1.29 is 29.0 Å². The number of nitrogens with zero attached hydrogens (tertiary/aromatic N) is 3. The number of benzene rings is 1. The van der Waals surface area contributed by atoms with Gasteiger partial charge in [0.15, 0.2) is 0 Å². The molecule has 0 radical (unpaired) electrons. The highest BCUT2D eigenvalue weighted by Crippen LogP contribution is 2.65. The second-order valence-electron chi connectivity index (χ2n) is 11.9. The van der Waals surface area contributed by atoms with Gasteiger partial charge in [-0.2, -0.15) is 0 Å². The van der Waals surface area contributed by atoms with Crippen LogP contribution in [0.1, 0.15) is 47.5 Å². The Morgan fingerprint density at radius 3 is 2.41 bits per heavy atom. The van der Waals surface area contributed by atoms with Gasteiger partial charge in [-0.1, -0.05) is 19.1 Å². The van der Waals surface area contributed by atoms with Crippen LogP contribution in [0.15, 0.2) is 49.6 Å². The largest absolute Gasteiger partial charge is 0.494 e. The molecule has 0 aliphatic carbocycles. The number of hydrogen-bond acceptors (Lipinski definition) is 6. The number of fused-ring (bicyclic) bond motifs is 1. The molecule has 3 unspecified atom stereocenters. The Morgan fingerprint density at radius 2 is 1.85 bits per heavy atom. The van der Waals surface area contributed by atoms with Crippen LogP contribution < -0.4 is 9.64 Å². The molecule has 224 valence electrons. The summed E-state index contributed by atoms with van der Waals surface area (Å²) in [6, 6.07) is 6.27. The zero-order valence-corrected chi connectivity index (χ0v) is 25.0. The molecule has 6 atom stereocenters. The summed E-state index contributed by atoms with van der Waals surface area (Å²) in [7, 11) is 0. The van der Waals surface area contributed by atoms with Gasteiger partial charge in [-0.3, -0.25) is 14.4 Å². The highest BCUT2D eigenvalue weighted by atomic mass is 16.5. The fraction of sp³-hybridized carbons (Fsp3) is 0.594. The molecule has 9 heteroatoms. The summed E-state index contributed by atoms with van der Waals surface area (Å²) in [6.45, 7) is 18.6. The van der Waals surface area contributed by atoms with Gasteiger partial charge in [-0.05, 0) is 70.7 Å². The average Bonchev–Trinajstić information content (AvgIpc) is 3.45. The van der Waals surface area contributed by atoms with E-state index in [0.717, 1.165) is 0 Å². The molecule has 1 aromatic carbocycles. The van der Waals surface area contributed by atoms with E-state index < -0.39 is 29.1 Å². The molecule has 3 fully saturated rings. The molecule has 9 nitrogen and oxygen atoms in total. The number of rotatable bonds is 13. The van der Waals surface area contributed by atoms with Crippen LogP contribution in [0, 0.1) is 17.8 Å². The summed E-state index contributed by atoms with van der Waals surface area (Å²) in [5, 5.41) is 9.63. The lowest BCUT2D eigenvalue weighted by Gasteiger charge is -2.39. The number of amides is 3. The molecule has 0 aromatic heterocycles. The highest BCUT2D eigenvalue weighted by molar-refractivity contribution is 6.03. The minimum Gasteiger partial charge on any atom is -0.494 e. The van der Waals surface area contributed by atoms with E-state index in [-0.39, 0.29) is 49.4 Å². The third kappa shape index (κ3) is 4.97. The van der Waals surface area contributed by atoms with Gasteiger partial charge in [0, 0.05) is 38.0 Å². The molecule has 4 rings (SSSR count). The van der Waals surface area contributed by atoms with Gasteiger partial charge in [0.05, 0.1) is 24.0 Å². The van der Waals surface area contributed by atoms with Gasteiger partial charge < -0.3 is 29.3 Å². The Kier molecular flexibility index (Phi) is 8.99. The Balaban J connectivity index is 1.80. The van der Waals surface area contributed by atoms with Crippen molar-refractivity contribution in [3.63, 3.8) is 0 Å². The number of carbonyl (C=O) groups excluding carboxylic acids is 3. The van der Waals surface area contributed by atoms with Crippen molar-refractivity contribution in [1.82, 2.24) is 9.80 Å². The van der Waals surface area contributed by atoms with Crippen LogP contribution in [-0.4, -0.2) is 88.8 Å². The SMILES string of the molecule is C=CCN(C(=O)[C@@H]1[C@H]2C(=O)N(CCCO)C(C(=O)N(CC=C)C(C)C)C23CC(C)[C@@]1(C)O3)c1ccc(OCC)cc1. The van der Waals surface area contributed by atoms with E-state index in [4.69, 9.17) is 9.47 Å². The first-order valence-electron chi connectivity index (χ1n) is 14.7. The fourth-order valence-electron chi connectivity index (χ4n) is 7.24. The van der Waals surface area contributed by atoms with Crippen LogP contribution in [0.25, 0.3) is 0 Å². The topological polar surface area (TPSA) is 99.6 Å². The van der Waals surface area contributed by atoms with Crippen LogP contribution in [0.5, 0.6) is 5.75 Å². The lowest BCUT2D eigenvalue weighted by molar-refractivity contribution is -0.153. The van der Waals surface area contributed by atoms with Crippen molar-refractivity contribution in [2.45, 2.75) is 70.7 Å². The number of carbonyl (C=O) groups is 3. The molecule has 1 N–H and O–H groups in total. The minimum atomic E-state index is -1.15. The first-order chi connectivity index (χ1) is 19.5. The first-order valence-corrected chi connectivity index (χ1v) is 14.7. The van der Waals surface area contributed by atoms with Crippen molar-refractivity contribution in [2.24, 2.45) is 17.8 Å². The average molecular weight is 568 g/mol. The molecule has 3 saturated heterocycles. The van der Waals surface area contributed by atoms with Crippen LogP contribution in [-0.2, 0) is 19.1 Å². The molecule has 1 spiro atoms. The quantitative estimate of drug-likeness (QED) is 0.367. The van der Waals surface area contributed by atoms with Crippen LogP contribution in [0.4, 0.5) is 5.69 Å². The second kappa shape index (κ2) is 12.0. The molecule has 2 bridgehead atoms. The lowest BCUT2D eigenvalue weighted by Crippen LogP contribution is -2.58. The number of aliphatic hydroxyl groups excluding tert-OH is 1. The Bertz CT molecular complexity index is 1170. The third-order valence-corrected chi connectivity index (χ3v) is 9.14. The molecule has 3 aliphatic heterocycles. The van der Waals surface area contributed by atoms with Gasteiger partial charge in [-0.15, -0.1) is 13.2 Å².